The lowest BCUT2D eigenvalue weighted by molar-refractivity contribution is 0.0976. The Labute approximate surface area is 110 Å². The fraction of sp³-hybridized carbons (Fsp3) is 0.417. The Morgan fingerprint density at radius 2 is 2.44 bits per heavy atom. The fourth-order valence-corrected chi connectivity index (χ4v) is 2.33. The van der Waals surface area contributed by atoms with Crippen LogP contribution >= 0.6 is 11.6 Å². The van der Waals surface area contributed by atoms with Crippen molar-refractivity contribution < 1.29 is 4.79 Å². The number of carbonyl (C=O) groups excluding carboxylic acids is 1. The van der Waals surface area contributed by atoms with Gasteiger partial charge in [0.2, 0.25) is 0 Å². The highest BCUT2D eigenvalue weighted by atomic mass is 35.5. The molecule has 0 aliphatic heterocycles. The van der Waals surface area contributed by atoms with E-state index in [9.17, 15) is 4.79 Å². The quantitative estimate of drug-likeness (QED) is 0.458. The molecule has 1 aromatic heterocycles. The largest absolute Gasteiger partial charge is 0.370 e. The Morgan fingerprint density at radius 1 is 1.67 bits per heavy atom. The van der Waals surface area contributed by atoms with Crippen LogP contribution in [0.4, 0.5) is 0 Å². The molecule has 3 N–H and O–H groups in total. The van der Waals surface area contributed by atoms with Gasteiger partial charge >= 0.3 is 0 Å². The number of nitrogens with one attached hydrogen (secondary N) is 1. The van der Waals surface area contributed by atoms with Crippen molar-refractivity contribution >= 4 is 23.5 Å². The van der Waals surface area contributed by atoms with Crippen molar-refractivity contribution in [3.63, 3.8) is 0 Å². The molecule has 1 atom stereocenters. The van der Waals surface area contributed by atoms with E-state index in [0.29, 0.717) is 5.56 Å². The Bertz CT molecular complexity index is 501. The van der Waals surface area contributed by atoms with Crippen molar-refractivity contribution in [3.8, 4) is 0 Å². The van der Waals surface area contributed by atoms with Crippen molar-refractivity contribution in [2.75, 3.05) is 7.05 Å². The van der Waals surface area contributed by atoms with Gasteiger partial charge in [-0.2, -0.15) is 0 Å². The number of aliphatic imine (C=N–C) groups is 1. The number of rotatable bonds is 1. The van der Waals surface area contributed by atoms with Gasteiger partial charge in [0, 0.05) is 13.2 Å². The van der Waals surface area contributed by atoms with Gasteiger partial charge in [-0.15, -0.1) is 11.6 Å². The van der Waals surface area contributed by atoms with Crippen LogP contribution in [0.1, 0.15) is 39.8 Å². The van der Waals surface area contributed by atoms with Gasteiger partial charge in [0.1, 0.15) is 0 Å². The molecule has 0 fully saturated rings. The van der Waals surface area contributed by atoms with E-state index in [1.165, 1.54) is 13.2 Å². The lowest BCUT2D eigenvalue weighted by atomic mass is 9.94. The molecule has 18 heavy (non-hydrogen) atoms. The molecule has 1 aliphatic rings. The lowest BCUT2D eigenvalue weighted by Gasteiger charge is -2.19. The van der Waals surface area contributed by atoms with Gasteiger partial charge in [-0.1, -0.05) is 0 Å². The molecule has 2 rings (SSSR count). The van der Waals surface area contributed by atoms with E-state index < -0.39 is 0 Å². The van der Waals surface area contributed by atoms with Gasteiger partial charge in [-0.25, -0.2) is 0 Å². The van der Waals surface area contributed by atoms with Crippen LogP contribution in [0.15, 0.2) is 17.3 Å². The van der Waals surface area contributed by atoms with Crippen LogP contribution < -0.4 is 11.1 Å². The van der Waals surface area contributed by atoms with Crippen LogP contribution in [0.2, 0.25) is 0 Å². The zero-order valence-electron chi connectivity index (χ0n) is 10.1. The SMILES string of the molecule is CN=C(N)NC(=O)c1cnc2c(c1)CCCC2Cl. The molecule has 1 heterocycles. The van der Waals surface area contributed by atoms with E-state index in [4.69, 9.17) is 17.3 Å². The van der Waals surface area contributed by atoms with E-state index in [1.807, 2.05) is 6.07 Å². The predicted molar refractivity (Wildman–Crippen MR) is 70.8 cm³/mol. The van der Waals surface area contributed by atoms with Crippen LogP contribution in [0.5, 0.6) is 0 Å². The molecule has 0 saturated heterocycles. The lowest BCUT2D eigenvalue weighted by Crippen LogP contribution is -2.36. The highest BCUT2D eigenvalue weighted by molar-refractivity contribution is 6.20. The van der Waals surface area contributed by atoms with Gasteiger partial charge in [-0.05, 0) is 30.9 Å². The summed E-state index contributed by atoms with van der Waals surface area (Å²) in [5.74, 6) is -0.210. The average Bonchev–Trinajstić information content (AvgIpc) is 2.38. The number of guanidine groups is 1. The van der Waals surface area contributed by atoms with Crippen LogP contribution in [0.25, 0.3) is 0 Å². The number of nitrogens with zero attached hydrogens (tertiary/aromatic N) is 2. The standard InChI is InChI=1S/C12H15ClN4O/c1-15-12(14)17-11(18)8-5-7-3-2-4-9(13)10(7)16-6-8/h5-6,9H,2-4H2,1H3,(H3,14,15,17,18). The topological polar surface area (TPSA) is 80.4 Å². The normalized spacial score (nSPS) is 19.2. The number of hydrogen-bond donors (Lipinski definition) is 2. The number of aryl methyl sites for hydroxylation is 1. The summed E-state index contributed by atoms with van der Waals surface area (Å²) in [6.07, 6.45) is 4.39. The van der Waals surface area contributed by atoms with Gasteiger partial charge in [0.15, 0.2) is 5.96 Å². The van der Waals surface area contributed by atoms with Crippen LogP contribution in [-0.4, -0.2) is 23.9 Å². The molecule has 1 amide bonds. The summed E-state index contributed by atoms with van der Waals surface area (Å²) in [6, 6.07) is 1.83. The maximum atomic E-state index is 11.8. The molecule has 1 aromatic rings. The molecule has 0 spiro atoms. The van der Waals surface area contributed by atoms with Crippen molar-refractivity contribution in [2.45, 2.75) is 24.6 Å². The molecular formula is C12H15ClN4O. The van der Waals surface area contributed by atoms with E-state index in [-0.39, 0.29) is 17.2 Å². The molecule has 96 valence electrons. The van der Waals surface area contributed by atoms with Gasteiger partial charge in [0.25, 0.3) is 5.91 Å². The summed E-state index contributed by atoms with van der Waals surface area (Å²) in [4.78, 5) is 19.8. The van der Waals surface area contributed by atoms with Crippen molar-refractivity contribution in [3.05, 3.63) is 29.1 Å². The summed E-state index contributed by atoms with van der Waals surface area (Å²) in [5.41, 5.74) is 7.85. The minimum Gasteiger partial charge on any atom is -0.370 e. The molecule has 1 unspecified atom stereocenters. The minimum atomic E-state index is -0.301. The first kappa shape index (κ1) is 12.8. The first-order chi connectivity index (χ1) is 8.61. The first-order valence-corrected chi connectivity index (χ1v) is 6.22. The van der Waals surface area contributed by atoms with Gasteiger partial charge < -0.3 is 5.73 Å². The van der Waals surface area contributed by atoms with E-state index >= 15 is 0 Å². The summed E-state index contributed by atoms with van der Waals surface area (Å²) < 4.78 is 0. The predicted octanol–water partition coefficient (Wildman–Crippen LogP) is 1.37. The first-order valence-electron chi connectivity index (χ1n) is 5.78. The van der Waals surface area contributed by atoms with Crippen LogP contribution in [0.3, 0.4) is 0 Å². The zero-order chi connectivity index (χ0) is 13.1. The third-order valence-corrected chi connectivity index (χ3v) is 3.37. The average molecular weight is 267 g/mol. The summed E-state index contributed by atoms with van der Waals surface area (Å²) in [5, 5.41) is 2.43. The Balaban J connectivity index is 2.23. The number of amides is 1. The second kappa shape index (κ2) is 5.35. The molecule has 5 nitrogen and oxygen atoms in total. The van der Waals surface area contributed by atoms with Gasteiger partial charge in [-0.3, -0.25) is 20.1 Å². The summed E-state index contributed by atoms with van der Waals surface area (Å²) >= 11 is 6.18. The monoisotopic (exact) mass is 266 g/mol. The number of pyridine rings is 1. The fourth-order valence-electron chi connectivity index (χ4n) is 1.98. The van der Waals surface area contributed by atoms with Crippen molar-refractivity contribution in [2.24, 2.45) is 10.7 Å². The maximum absolute atomic E-state index is 11.8. The van der Waals surface area contributed by atoms with Crippen LogP contribution in [0, 0.1) is 0 Å². The number of aromatic nitrogens is 1. The zero-order valence-corrected chi connectivity index (χ0v) is 10.9. The number of carbonyl (C=O) groups is 1. The molecular weight excluding hydrogens is 252 g/mol. The second-order valence-electron chi connectivity index (χ2n) is 4.19. The number of alkyl halides is 1. The smallest absolute Gasteiger partial charge is 0.259 e. The molecule has 0 aromatic carbocycles. The summed E-state index contributed by atoms with van der Waals surface area (Å²) in [6.45, 7) is 0. The maximum Gasteiger partial charge on any atom is 0.259 e. The van der Waals surface area contributed by atoms with Crippen molar-refractivity contribution in [1.29, 1.82) is 0 Å². The number of halogens is 1. The second-order valence-corrected chi connectivity index (χ2v) is 4.72. The number of nitrogens with two attached hydrogens (primary N) is 1. The third-order valence-electron chi connectivity index (χ3n) is 2.95. The number of hydrogen-bond acceptors (Lipinski definition) is 3. The van der Waals surface area contributed by atoms with Gasteiger partial charge in [0.05, 0.1) is 16.6 Å². The molecule has 0 bridgehead atoms. The summed E-state index contributed by atoms with van der Waals surface area (Å²) in [7, 11) is 1.51. The van der Waals surface area contributed by atoms with Crippen LogP contribution in [-0.2, 0) is 6.42 Å². The highest BCUT2D eigenvalue weighted by Gasteiger charge is 2.21. The Hall–Kier alpha value is -1.62. The van der Waals surface area contributed by atoms with E-state index in [2.05, 4.69) is 15.3 Å². The van der Waals surface area contributed by atoms with E-state index in [0.717, 1.165) is 30.5 Å². The molecule has 0 radical (unpaired) electrons. The molecule has 6 heteroatoms. The Morgan fingerprint density at radius 3 is 3.17 bits per heavy atom. The molecule has 0 saturated carbocycles. The van der Waals surface area contributed by atoms with Crippen molar-refractivity contribution in [1.82, 2.24) is 10.3 Å². The Kier molecular flexibility index (Phi) is 3.81. The highest BCUT2D eigenvalue weighted by Crippen LogP contribution is 2.33. The van der Waals surface area contributed by atoms with E-state index in [1.54, 1.807) is 0 Å². The number of fused-ring (bicyclic) bond motifs is 1. The molecule has 1 aliphatic carbocycles. The third kappa shape index (κ3) is 2.61. The minimum absolute atomic E-state index is 0.0480.